The number of nitrogens with zero attached hydrogens (tertiary/aromatic N) is 5. The number of nitro groups is 1. The van der Waals surface area contributed by atoms with Crippen LogP contribution >= 0.6 is 0 Å². The monoisotopic (exact) mass is 429 g/mol. The molecule has 0 atom stereocenters. The number of rotatable bonds is 5. The lowest BCUT2D eigenvalue weighted by Gasteiger charge is -2.40. The average molecular weight is 430 g/mol. The van der Waals surface area contributed by atoms with E-state index in [9.17, 15) is 14.9 Å². The van der Waals surface area contributed by atoms with Crippen molar-refractivity contribution < 1.29 is 9.72 Å². The van der Waals surface area contributed by atoms with Gasteiger partial charge in [0.15, 0.2) is 0 Å². The molecular weight excluding hydrogens is 394 g/mol. The maximum Gasteiger partial charge on any atom is 0.269 e. The Morgan fingerprint density at radius 3 is 2.06 bits per heavy atom. The maximum atomic E-state index is 12.8. The molecule has 0 N–H and O–H groups in total. The molecule has 8 nitrogen and oxygen atoms in total. The number of carbonyl (C=O) groups is 1. The molecule has 31 heavy (non-hydrogen) atoms. The molecule has 1 saturated carbocycles. The van der Waals surface area contributed by atoms with E-state index in [0.29, 0.717) is 6.54 Å². The van der Waals surface area contributed by atoms with Crippen molar-refractivity contribution in [2.75, 3.05) is 63.8 Å². The molecule has 170 valence electrons. The van der Waals surface area contributed by atoms with Crippen LogP contribution in [0.15, 0.2) is 24.3 Å². The van der Waals surface area contributed by atoms with Crippen molar-refractivity contribution in [3.05, 3.63) is 34.4 Å². The molecule has 8 heteroatoms. The van der Waals surface area contributed by atoms with Gasteiger partial charge in [0, 0.05) is 76.2 Å². The van der Waals surface area contributed by atoms with E-state index in [1.165, 1.54) is 38.5 Å². The Morgan fingerprint density at radius 1 is 0.871 bits per heavy atom. The minimum Gasteiger partial charge on any atom is -0.369 e. The molecule has 3 fully saturated rings. The highest BCUT2D eigenvalue weighted by molar-refractivity contribution is 5.78. The predicted octanol–water partition coefficient (Wildman–Crippen LogP) is 2.58. The van der Waals surface area contributed by atoms with Crippen molar-refractivity contribution in [1.29, 1.82) is 0 Å². The molecule has 0 aromatic heterocycles. The van der Waals surface area contributed by atoms with E-state index in [2.05, 4.69) is 19.6 Å². The lowest BCUT2D eigenvalue weighted by molar-refractivity contribution is -0.384. The van der Waals surface area contributed by atoms with Gasteiger partial charge < -0.3 is 9.80 Å². The first-order valence-electron chi connectivity index (χ1n) is 11.8. The van der Waals surface area contributed by atoms with Crippen LogP contribution in [-0.4, -0.2) is 90.5 Å². The fourth-order valence-corrected chi connectivity index (χ4v) is 5.20. The molecule has 0 spiro atoms. The fourth-order valence-electron chi connectivity index (χ4n) is 5.20. The van der Waals surface area contributed by atoms with E-state index in [0.717, 1.165) is 64.1 Å². The smallest absolute Gasteiger partial charge is 0.269 e. The summed E-state index contributed by atoms with van der Waals surface area (Å²) in [5, 5.41) is 10.8. The zero-order valence-corrected chi connectivity index (χ0v) is 18.5. The first-order chi connectivity index (χ1) is 15.1. The van der Waals surface area contributed by atoms with Gasteiger partial charge in [-0.1, -0.05) is 25.7 Å². The van der Waals surface area contributed by atoms with E-state index in [1.54, 1.807) is 12.1 Å². The highest BCUT2D eigenvalue weighted by atomic mass is 16.6. The first kappa shape index (κ1) is 22.0. The third kappa shape index (κ3) is 5.74. The highest BCUT2D eigenvalue weighted by Crippen LogP contribution is 2.23. The van der Waals surface area contributed by atoms with Gasteiger partial charge in [-0.3, -0.25) is 24.7 Å². The second kappa shape index (κ2) is 10.4. The number of nitro benzene ring substituents is 1. The summed E-state index contributed by atoms with van der Waals surface area (Å²) < 4.78 is 0. The van der Waals surface area contributed by atoms with Gasteiger partial charge in [-0.05, 0) is 25.0 Å². The topological polar surface area (TPSA) is 73.2 Å². The van der Waals surface area contributed by atoms with Crippen LogP contribution in [-0.2, 0) is 4.79 Å². The largest absolute Gasteiger partial charge is 0.369 e. The minimum absolute atomic E-state index is 0.118. The Hall–Kier alpha value is -2.19. The van der Waals surface area contributed by atoms with Crippen LogP contribution in [0.4, 0.5) is 11.4 Å². The number of benzene rings is 1. The molecule has 3 aliphatic rings. The Balaban J connectivity index is 1.19. The summed E-state index contributed by atoms with van der Waals surface area (Å²) in [7, 11) is 0. The van der Waals surface area contributed by atoms with E-state index in [-0.39, 0.29) is 16.5 Å². The van der Waals surface area contributed by atoms with Gasteiger partial charge in [-0.2, -0.15) is 0 Å². The Bertz CT molecular complexity index is 732. The Morgan fingerprint density at radius 2 is 1.48 bits per heavy atom. The molecule has 2 saturated heterocycles. The lowest BCUT2D eigenvalue weighted by Crippen LogP contribution is -2.55. The maximum absolute atomic E-state index is 12.8. The normalized spacial score (nSPS) is 22.3. The van der Waals surface area contributed by atoms with Crippen LogP contribution in [0.5, 0.6) is 0 Å². The number of hydrogen-bond donors (Lipinski definition) is 0. The first-order valence-corrected chi connectivity index (χ1v) is 11.8. The molecule has 4 rings (SSSR count). The quantitative estimate of drug-likeness (QED) is 0.407. The number of non-ortho nitro benzene ring substituents is 1. The molecule has 1 aliphatic carbocycles. The van der Waals surface area contributed by atoms with Crippen molar-refractivity contribution in [2.24, 2.45) is 0 Å². The minimum atomic E-state index is -0.371. The van der Waals surface area contributed by atoms with Gasteiger partial charge in [-0.25, -0.2) is 0 Å². The molecule has 1 aromatic carbocycles. The third-order valence-corrected chi connectivity index (χ3v) is 7.16. The van der Waals surface area contributed by atoms with Gasteiger partial charge in [-0.15, -0.1) is 0 Å². The number of amides is 1. The summed E-state index contributed by atoms with van der Waals surface area (Å²) in [6.07, 6.45) is 8.13. The summed E-state index contributed by atoms with van der Waals surface area (Å²) in [6, 6.07) is 7.46. The second-order valence-electron chi connectivity index (χ2n) is 9.10. The summed E-state index contributed by atoms with van der Waals surface area (Å²) >= 11 is 0. The van der Waals surface area contributed by atoms with Crippen LogP contribution in [0.3, 0.4) is 0 Å². The Labute approximate surface area is 184 Å². The van der Waals surface area contributed by atoms with Gasteiger partial charge in [0.1, 0.15) is 0 Å². The SMILES string of the molecule is O=C(CN1CCN(c2ccc([N+](=O)[O-])cc2)CC1)N1CCN(C2CCCCCC2)CC1. The van der Waals surface area contributed by atoms with E-state index >= 15 is 0 Å². The van der Waals surface area contributed by atoms with Gasteiger partial charge in [0.2, 0.25) is 5.91 Å². The third-order valence-electron chi connectivity index (χ3n) is 7.16. The molecule has 2 heterocycles. The van der Waals surface area contributed by atoms with E-state index in [4.69, 9.17) is 0 Å². The molecule has 2 aliphatic heterocycles. The summed E-state index contributed by atoms with van der Waals surface area (Å²) in [5.74, 6) is 0.254. The van der Waals surface area contributed by atoms with Crippen molar-refractivity contribution in [3.63, 3.8) is 0 Å². The Kier molecular flexibility index (Phi) is 7.40. The fraction of sp³-hybridized carbons (Fsp3) is 0.696. The lowest BCUT2D eigenvalue weighted by atomic mass is 10.1. The van der Waals surface area contributed by atoms with E-state index < -0.39 is 0 Å². The van der Waals surface area contributed by atoms with Crippen molar-refractivity contribution in [2.45, 2.75) is 44.6 Å². The average Bonchev–Trinajstić information content (AvgIpc) is 3.09. The van der Waals surface area contributed by atoms with Crippen LogP contribution in [0.2, 0.25) is 0 Å². The predicted molar refractivity (Wildman–Crippen MR) is 121 cm³/mol. The van der Waals surface area contributed by atoms with Gasteiger partial charge in [0.25, 0.3) is 5.69 Å². The number of hydrogen-bond acceptors (Lipinski definition) is 6. The van der Waals surface area contributed by atoms with E-state index in [1.807, 2.05) is 12.1 Å². The zero-order valence-electron chi connectivity index (χ0n) is 18.5. The van der Waals surface area contributed by atoms with Crippen molar-refractivity contribution in [1.82, 2.24) is 14.7 Å². The number of carbonyl (C=O) groups excluding carboxylic acids is 1. The molecule has 1 aromatic rings. The molecule has 0 bridgehead atoms. The summed E-state index contributed by atoms with van der Waals surface area (Å²) in [5.41, 5.74) is 1.12. The van der Waals surface area contributed by atoms with Crippen LogP contribution < -0.4 is 4.90 Å². The summed E-state index contributed by atoms with van der Waals surface area (Å²) in [6.45, 7) is 7.60. The standard InChI is InChI=1S/C23H35N5O3/c29-23(27-17-15-26(16-18-27)20-5-3-1-2-4-6-20)19-24-11-13-25(14-12-24)21-7-9-22(10-8-21)28(30)31/h7-10,20H,1-6,11-19H2. The van der Waals surface area contributed by atoms with Crippen LogP contribution in [0, 0.1) is 10.1 Å². The van der Waals surface area contributed by atoms with Gasteiger partial charge in [0.05, 0.1) is 11.5 Å². The van der Waals surface area contributed by atoms with Crippen molar-refractivity contribution in [3.8, 4) is 0 Å². The van der Waals surface area contributed by atoms with Gasteiger partial charge >= 0.3 is 0 Å². The molecule has 1 amide bonds. The number of anilines is 1. The summed E-state index contributed by atoms with van der Waals surface area (Å²) in [4.78, 5) is 32.4. The zero-order chi connectivity index (χ0) is 21.6. The van der Waals surface area contributed by atoms with Crippen molar-refractivity contribution >= 4 is 17.3 Å². The molecular formula is C23H35N5O3. The molecule has 0 unspecified atom stereocenters. The highest BCUT2D eigenvalue weighted by Gasteiger charge is 2.28. The molecule has 0 radical (unpaired) electrons. The number of piperazine rings is 2. The van der Waals surface area contributed by atoms with Crippen LogP contribution in [0.1, 0.15) is 38.5 Å². The van der Waals surface area contributed by atoms with Crippen LogP contribution in [0.25, 0.3) is 0 Å². The second-order valence-corrected chi connectivity index (χ2v) is 9.10.